The van der Waals surface area contributed by atoms with E-state index in [1.54, 1.807) is 0 Å². The quantitative estimate of drug-likeness (QED) is 0.281. The van der Waals surface area contributed by atoms with Gasteiger partial charge in [-0.25, -0.2) is 0 Å². The van der Waals surface area contributed by atoms with Crippen molar-refractivity contribution in [2.75, 3.05) is 0 Å². The second-order valence-electron chi connectivity index (χ2n) is 10.7. The molecule has 2 nitrogen and oxygen atoms in total. The van der Waals surface area contributed by atoms with Gasteiger partial charge in [0.15, 0.2) is 0 Å². The van der Waals surface area contributed by atoms with Gasteiger partial charge >= 0.3 is 7.12 Å². The lowest BCUT2D eigenvalue weighted by Gasteiger charge is -2.32. The van der Waals surface area contributed by atoms with Crippen LogP contribution < -0.4 is 0 Å². The Kier molecular flexibility index (Phi) is 5.51. The van der Waals surface area contributed by atoms with Crippen molar-refractivity contribution >= 4 is 24.0 Å². The second-order valence-corrected chi connectivity index (χ2v) is 10.7. The number of rotatable bonds is 3. The summed E-state index contributed by atoms with van der Waals surface area (Å²) >= 11 is 0. The minimum Gasteiger partial charge on any atom is -0.399 e. The maximum absolute atomic E-state index is 6.42. The van der Waals surface area contributed by atoms with E-state index in [0.29, 0.717) is 0 Å². The van der Waals surface area contributed by atoms with Crippen LogP contribution in [0.4, 0.5) is 0 Å². The van der Waals surface area contributed by atoms with Crippen molar-refractivity contribution in [3.63, 3.8) is 0 Å². The van der Waals surface area contributed by atoms with E-state index in [9.17, 15) is 0 Å². The molecular formula is C33H31BO2. The lowest BCUT2D eigenvalue weighted by Crippen LogP contribution is -2.41. The third-order valence-corrected chi connectivity index (χ3v) is 8.00. The normalized spacial score (nSPS) is 18.1. The molecule has 1 aliphatic heterocycles. The highest BCUT2D eigenvalue weighted by Crippen LogP contribution is 2.45. The highest BCUT2D eigenvalue weighted by atomic mass is 16.7. The van der Waals surface area contributed by atoms with Crippen LogP contribution in [-0.2, 0) is 15.7 Å². The van der Waals surface area contributed by atoms with Gasteiger partial charge in [0, 0.05) is 0 Å². The molecule has 1 aliphatic carbocycles. The number of allylic oxidation sites excluding steroid dienone is 3. The molecule has 4 aromatic rings. The molecule has 0 N–H and O–H groups in total. The SMILES string of the molecule is CC1(C)OB(C2=CCc3c(c(-c4ccccc4)c4ccccc4c3-c3ccccc3)C=C2)OC1(C)C. The van der Waals surface area contributed by atoms with Crippen LogP contribution in [0.2, 0.25) is 0 Å². The van der Waals surface area contributed by atoms with Crippen molar-refractivity contribution < 1.29 is 9.31 Å². The molecule has 0 bridgehead atoms. The molecule has 2 aliphatic rings. The number of hydrogen-bond donors (Lipinski definition) is 0. The second kappa shape index (κ2) is 8.62. The van der Waals surface area contributed by atoms with Gasteiger partial charge in [-0.1, -0.05) is 103 Å². The zero-order valence-corrected chi connectivity index (χ0v) is 21.4. The average molecular weight is 470 g/mol. The van der Waals surface area contributed by atoms with Crippen molar-refractivity contribution in [2.45, 2.75) is 45.3 Å². The molecule has 1 heterocycles. The van der Waals surface area contributed by atoms with Crippen LogP contribution in [0.1, 0.15) is 38.8 Å². The number of fused-ring (bicyclic) bond motifs is 2. The molecule has 1 saturated heterocycles. The number of benzene rings is 4. The van der Waals surface area contributed by atoms with E-state index in [4.69, 9.17) is 9.31 Å². The van der Waals surface area contributed by atoms with Gasteiger partial charge in [-0.2, -0.15) is 0 Å². The lowest BCUT2D eigenvalue weighted by atomic mass is 9.77. The highest BCUT2D eigenvalue weighted by molar-refractivity contribution is 6.55. The minimum atomic E-state index is -0.379. The molecule has 6 rings (SSSR count). The van der Waals surface area contributed by atoms with Crippen LogP contribution >= 0.6 is 0 Å². The fraction of sp³-hybridized carbons (Fsp3) is 0.212. The van der Waals surface area contributed by atoms with Crippen LogP contribution in [0.15, 0.2) is 103 Å². The van der Waals surface area contributed by atoms with E-state index in [-0.39, 0.29) is 18.3 Å². The van der Waals surface area contributed by atoms with Crippen molar-refractivity contribution in [3.8, 4) is 22.3 Å². The van der Waals surface area contributed by atoms with E-state index in [0.717, 1.165) is 11.9 Å². The van der Waals surface area contributed by atoms with E-state index in [1.807, 2.05) is 0 Å². The van der Waals surface area contributed by atoms with E-state index in [2.05, 4.69) is 131 Å². The van der Waals surface area contributed by atoms with Crippen molar-refractivity contribution in [1.29, 1.82) is 0 Å². The van der Waals surface area contributed by atoms with Gasteiger partial charge in [0.05, 0.1) is 11.2 Å². The summed E-state index contributed by atoms with van der Waals surface area (Å²) in [5.74, 6) is 0. The van der Waals surface area contributed by atoms with Gasteiger partial charge < -0.3 is 9.31 Å². The first-order valence-corrected chi connectivity index (χ1v) is 12.8. The summed E-state index contributed by atoms with van der Waals surface area (Å²) in [7, 11) is -0.379. The van der Waals surface area contributed by atoms with Crippen molar-refractivity contribution in [3.05, 3.63) is 114 Å². The topological polar surface area (TPSA) is 18.5 Å². The summed E-state index contributed by atoms with van der Waals surface area (Å²) in [4.78, 5) is 0. The van der Waals surface area contributed by atoms with Crippen LogP contribution in [0.5, 0.6) is 0 Å². The smallest absolute Gasteiger partial charge is 0.399 e. The molecule has 0 amide bonds. The summed E-state index contributed by atoms with van der Waals surface area (Å²) in [6.07, 6.45) is 7.57. The standard InChI is InChI=1S/C33H31BO2/c1-32(2)33(3,4)36-34(35-32)25-19-21-28-29(22-20-25)31(24-15-9-6-10-16-24)27-18-12-11-17-26(27)30(28)23-13-7-5-8-14-23/h5-21H,22H2,1-4H3. The maximum Gasteiger partial charge on any atom is 0.494 e. The van der Waals surface area contributed by atoms with E-state index < -0.39 is 0 Å². The van der Waals surface area contributed by atoms with E-state index >= 15 is 0 Å². The van der Waals surface area contributed by atoms with Gasteiger partial charge in [0.1, 0.15) is 0 Å². The number of hydrogen-bond acceptors (Lipinski definition) is 2. The molecule has 0 atom stereocenters. The van der Waals surface area contributed by atoms with Gasteiger partial charge in [-0.15, -0.1) is 0 Å². The van der Waals surface area contributed by atoms with E-state index in [1.165, 1.54) is 44.2 Å². The summed E-state index contributed by atoms with van der Waals surface area (Å²) in [5.41, 5.74) is 7.99. The van der Waals surface area contributed by atoms with Crippen LogP contribution in [-0.4, -0.2) is 18.3 Å². The first kappa shape index (κ1) is 23.0. The molecule has 0 saturated carbocycles. The Morgan fingerprint density at radius 2 is 1.11 bits per heavy atom. The Morgan fingerprint density at radius 1 is 0.611 bits per heavy atom. The highest BCUT2D eigenvalue weighted by Gasteiger charge is 2.52. The zero-order valence-electron chi connectivity index (χ0n) is 21.4. The Bertz CT molecular complexity index is 1480. The molecule has 0 radical (unpaired) electrons. The molecule has 0 spiro atoms. The van der Waals surface area contributed by atoms with Crippen molar-refractivity contribution in [2.24, 2.45) is 0 Å². The largest absolute Gasteiger partial charge is 0.494 e. The fourth-order valence-corrected chi connectivity index (χ4v) is 5.38. The summed E-state index contributed by atoms with van der Waals surface area (Å²) < 4.78 is 12.8. The molecular weight excluding hydrogens is 439 g/mol. The first-order chi connectivity index (χ1) is 17.4. The Balaban J connectivity index is 1.60. The third kappa shape index (κ3) is 3.75. The Labute approximate surface area is 214 Å². The summed E-state index contributed by atoms with van der Waals surface area (Å²) in [6.45, 7) is 8.43. The Hall–Kier alpha value is -3.40. The predicted molar refractivity (Wildman–Crippen MR) is 152 cm³/mol. The van der Waals surface area contributed by atoms with Gasteiger partial charge in [-0.3, -0.25) is 0 Å². The molecule has 0 aromatic heterocycles. The predicted octanol–water partition coefficient (Wildman–Crippen LogP) is 8.30. The average Bonchev–Trinajstić information content (AvgIpc) is 3.01. The van der Waals surface area contributed by atoms with Crippen LogP contribution in [0, 0.1) is 0 Å². The molecule has 1 fully saturated rings. The molecule has 4 aromatic carbocycles. The molecule has 36 heavy (non-hydrogen) atoms. The van der Waals surface area contributed by atoms with Gasteiger partial charge in [0.2, 0.25) is 0 Å². The first-order valence-electron chi connectivity index (χ1n) is 12.8. The minimum absolute atomic E-state index is 0.370. The van der Waals surface area contributed by atoms with Crippen LogP contribution in [0.3, 0.4) is 0 Å². The fourth-order valence-electron chi connectivity index (χ4n) is 5.38. The lowest BCUT2D eigenvalue weighted by molar-refractivity contribution is 0.00578. The molecule has 178 valence electrons. The summed E-state index contributed by atoms with van der Waals surface area (Å²) in [6, 6.07) is 30.3. The third-order valence-electron chi connectivity index (χ3n) is 8.00. The maximum atomic E-state index is 6.42. The monoisotopic (exact) mass is 470 g/mol. The van der Waals surface area contributed by atoms with Gasteiger partial charge in [0.25, 0.3) is 0 Å². The van der Waals surface area contributed by atoms with Crippen molar-refractivity contribution in [1.82, 2.24) is 0 Å². The zero-order chi connectivity index (χ0) is 24.9. The molecule has 0 unspecified atom stereocenters. The Morgan fingerprint density at radius 3 is 1.69 bits per heavy atom. The van der Waals surface area contributed by atoms with Gasteiger partial charge in [-0.05, 0) is 83.7 Å². The molecule has 3 heteroatoms. The summed E-state index contributed by atoms with van der Waals surface area (Å²) in [5, 5.41) is 2.55. The van der Waals surface area contributed by atoms with Crippen LogP contribution in [0.25, 0.3) is 39.1 Å².